The lowest BCUT2D eigenvalue weighted by Crippen LogP contribution is -2.15. The van der Waals surface area contributed by atoms with Crippen LogP contribution in [0.5, 0.6) is 0 Å². The molecule has 84 valence electrons. The molecule has 1 aromatic carbocycles. The molecular formula is C12H13BrN2O. The van der Waals surface area contributed by atoms with Crippen molar-refractivity contribution in [1.29, 1.82) is 0 Å². The van der Waals surface area contributed by atoms with Crippen molar-refractivity contribution in [3.63, 3.8) is 0 Å². The zero-order chi connectivity index (χ0) is 11.8. The molecule has 0 atom stereocenters. The summed E-state index contributed by atoms with van der Waals surface area (Å²) in [7, 11) is 0. The Morgan fingerprint density at radius 3 is 2.31 bits per heavy atom. The average molecular weight is 281 g/mol. The van der Waals surface area contributed by atoms with Crippen molar-refractivity contribution in [2.45, 2.75) is 19.4 Å². The van der Waals surface area contributed by atoms with E-state index >= 15 is 0 Å². The van der Waals surface area contributed by atoms with Crippen LogP contribution in [0.25, 0.3) is 5.69 Å². The van der Waals surface area contributed by atoms with Crippen molar-refractivity contribution in [2.75, 3.05) is 0 Å². The Bertz CT molecular complexity index is 482. The fourth-order valence-corrected chi connectivity index (χ4v) is 1.75. The van der Waals surface area contributed by atoms with Crippen LogP contribution in [0, 0.1) is 0 Å². The number of halogens is 1. The summed E-state index contributed by atoms with van der Waals surface area (Å²) < 4.78 is 2.72. The molecule has 2 rings (SSSR count). The lowest BCUT2D eigenvalue weighted by Gasteiger charge is -2.17. The van der Waals surface area contributed by atoms with Gasteiger partial charge in [-0.25, -0.2) is 4.68 Å². The third-order valence-electron chi connectivity index (χ3n) is 2.39. The highest BCUT2D eigenvalue weighted by molar-refractivity contribution is 9.10. The van der Waals surface area contributed by atoms with E-state index in [1.807, 2.05) is 30.5 Å². The van der Waals surface area contributed by atoms with E-state index in [2.05, 4.69) is 21.0 Å². The number of nitrogens with zero attached hydrogens (tertiary/aromatic N) is 2. The van der Waals surface area contributed by atoms with Gasteiger partial charge in [-0.1, -0.05) is 12.1 Å². The minimum absolute atomic E-state index is 0.802. The third kappa shape index (κ3) is 2.33. The molecule has 1 aromatic heterocycles. The second kappa shape index (κ2) is 4.03. The molecule has 0 amide bonds. The van der Waals surface area contributed by atoms with Crippen molar-refractivity contribution >= 4 is 15.9 Å². The zero-order valence-corrected chi connectivity index (χ0v) is 10.8. The molecular weight excluding hydrogens is 268 g/mol. The molecule has 0 unspecified atom stereocenters. The normalized spacial score (nSPS) is 11.8. The molecule has 0 fully saturated rings. The first-order chi connectivity index (χ1) is 7.47. The van der Waals surface area contributed by atoms with Gasteiger partial charge in [-0.2, -0.15) is 5.10 Å². The Kier molecular flexibility index (Phi) is 2.86. The van der Waals surface area contributed by atoms with Crippen LogP contribution >= 0.6 is 15.9 Å². The fourth-order valence-electron chi connectivity index (χ4n) is 1.46. The van der Waals surface area contributed by atoms with E-state index in [1.165, 1.54) is 0 Å². The maximum atomic E-state index is 9.82. The minimum atomic E-state index is -0.802. The predicted octanol–water partition coefficient (Wildman–Crippen LogP) is 2.86. The van der Waals surface area contributed by atoms with E-state index in [0.29, 0.717) is 0 Å². The second-order valence-corrected chi connectivity index (χ2v) is 5.12. The van der Waals surface area contributed by atoms with Crippen LogP contribution in [-0.4, -0.2) is 14.9 Å². The Labute approximate surface area is 103 Å². The van der Waals surface area contributed by atoms with E-state index in [-0.39, 0.29) is 0 Å². The lowest BCUT2D eigenvalue weighted by atomic mass is 9.98. The number of hydrogen-bond donors (Lipinski definition) is 1. The first-order valence-electron chi connectivity index (χ1n) is 5.00. The SMILES string of the molecule is CC(C)(O)c1ccc(-n2cc(Br)cn2)cc1. The summed E-state index contributed by atoms with van der Waals surface area (Å²) in [5, 5.41) is 14.0. The summed E-state index contributed by atoms with van der Waals surface area (Å²) in [5.74, 6) is 0. The maximum absolute atomic E-state index is 9.82. The van der Waals surface area contributed by atoms with Gasteiger partial charge in [0, 0.05) is 6.20 Å². The zero-order valence-electron chi connectivity index (χ0n) is 9.18. The van der Waals surface area contributed by atoms with Crippen LogP contribution in [0.15, 0.2) is 41.1 Å². The summed E-state index contributed by atoms with van der Waals surface area (Å²) in [6.07, 6.45) is 3.63. The van der Waals surface area contributed by atoms with Crippen molar-refractivity contribution in [1.82, 2.24) is 9.78 Å². The molecule has 16 heavy (non-hydrogen) atoms. The number of aromatic nitrogens is 2. The molecule has 0 aliphatic heterocycles. The highest BCUT2D eigenvalue weighted by Crippen LogP contribution is 2.21. The first-order valence-corrected chi connectivity index (χ1v) is 5.79. The maximum Gasteiger partial charge on any atom is 0.0840 e. The molecule has 0 bridgehead atoms. The summed E-state index contributed by atoms with van der Waals surface area (Å²) in [6.45, 7) is 3.54. The van der Waals surface area contributed by atoms with Gasteiger partial charge in [0.2, 0.25) is 0 Å². The summed E-state index contributed by atoms with van der Waals surface area (Å²) in [5.41, 5.74) is 1.06. The van der Waals surface area contributed by atoms with Crippen LogP contribution in [0.3, 0.4) is 0 Å². The van der Waals surface area contributed by atoms with Gasteiger partial charge in [-0.05, 0) is 47.5 Å². The van der Waals surface area contributed by atoms with E-state index in [9.17, 15) is 5.11 Å². The summed E-state index contributed by atoms with van der Waals surface area (Å²) in [4.78, 5) is 0. The highest BCUT2D eigenvalue weighted by Gasteiger charge is 2.15. The number of rotatable bonds is 2. The standard InChI is InChI=1S/C12H13BrN2O/c1-12(2,16)9-3-5-11(6-4-9)15-8-10(13)7-14-15/h3-8,16H,1-2H3. The van der Waals surface area contributed by atoms with Crippen LogP contribution in [0.2, 0.25) is 0 Å². The minimum Gasteiger partial charge on any atom is -0.386 e. The van der Waals surface area contributed by atoms with Crippen LogP contribution < -0.4 is 0 Å². The van der Waals surface area contributed by atoms with Gasteiger partial charge >= 0.3 is 0 Å². The third-order valence-corrected chi connectivity index (χ3v) is 2.80. The van der Waals surface area contributed by atoms with Crippen LogP contribution in [0.4, 0.5) is 0 Å². The molecule has 3 nitrogen and oxygen atoms in total. The van der Waals surface area contributed by atoms with E-state index in [1.54, 1.807) is 24.7 Å². The summed E-state index contributed by atoms with van der Waals surface area (Å²) >= 11 is 3.35. The van der Waals surface area contributed by atoms with Crippen molar-refractivity contribution in [2.24, 2.45) is 0 Å². The Morgan fingerprint density at radius 1 is 1.25 bits per heavy atom. The molecule has 0 saturated heterocycles. The monoisotopic (exact) mass is 280 g/mol. The van der Waals surface area contributed by atoms with E-state index in [0.717, 1.165) is 15.7 Å². The molecule has 1 heterocycles. The number of hydrogen-bond acceptors (Lipinski definition) is 2. The average Bonchev–Trinajstić information content (AvgIpc) is 2.64. The second-order valence-electron chi connectivity index (χ2n) is 4.21. The van der Waals surface area contributed by atoms with E-state index < -0.39 is 5.60 Å². The molecule has 0 aliphatic rings. The predicted molar refractivity (Wildman–Crippen MR) is 66.5 cm³/mol. The Balaban J connectivity index is 2.33. The smallest absolute Gasteiger partial charge is 0.0840 e. The van der Waals surface area contributed by atoms with Gasteiger partial charge in [0.15, 0.2) is 0 Å². The molecule has 0 saturated carbocycles. The van der Waals surface area contributed by atoms with Gasteiger partial charge in [0.25, 0.3) is 0 Å². The molecule has 0 spiro atoms. The molecule has 1 N–H and O–H groups in total. The van der Waals surface area contributed by atoms with Gasteiger partial charge in [-0.3, -0.25) is 0 Å². The molecule has 0 radical (unpaired) electrons. The van der Waals surface area contributed by atoms with Gasteiger partial charge in [0.05, 0.1) is 22.0 Å². The van der Waals surface area contributed by atoms with Crippen molar-refractivity contribution in [3.8, 4) is 5.69 Å². The largest absolute Gasteiger partial charge is 0.386 e. The molecule has 2 aromatic rings. The summed E-state index contributed by atoms with van der Waals surface area (Å²) in [6, 6.07) is 7.69. The topological polar surface area (TPSA) is 38.0 Å². The van der Waals surface area contributed by atoms with Gasteiger partial charge in [-0.15, -0.1) is 0 Å². The Morgan fingerprint density at radius 2 is 1.88 bits per heavy atom. The Hall–Kier alpha value is -1.13. The van der Waals surface area contributed by atoms with Crippen LogP contribution in [-0.2, 0) is 5.60 Å². The molecule has 0 aliphatic carbocycles. The van der Waals surface area contributed by atoms with Gasteiger partial charge in [0.1, 0.15) is 0 Å². The fraction of sp³-hybridized carbons (Fsp3) is 0.250. The quantitative estimate of drug-likeness (QED) is 0.919. The number of aliphatic hydroxyl groups is 1. The van der Waals surface area contributed by atoms with Crippen molar-refractivity contribution < 1.29 is 5.11 Å². The first kappa shape index (κ1) is 11.4. The molecule has 4 heteroatoms. The highest BCUT2D eigenvalue weighted by atomic mass is 79.9. The van der Waals surface area contributed by atoms with E-state index in [4.69, 9.17) is 0 Å². The van der Waals surface area contributed by atoms with Gasteiger partial charge < -0.3 is 5.11 Å². The number of benzene rings is 1. The van der Waals surface area contributed by atoms with Crippen molar-refractivity contribution in [3.05, 3.63) is 46.7 Å². The lowest BCUT2D eigenvalue weighted by molar-refractivity contribution is 0.0786. The van der Waals surface area contributed by atoms with Crippen LogP contribution in [0.1, 0.15) is 19.4 Å².